The summed E-state index contributed by atoms with van der Waals surface area (Å²) in [6.07, 6.45) is -2.06. The number of rotatable bonds is 1. The molecular weight excluding hydrogens is 136 g/mol. The van der Waals surface area contributed by atoms with Crippen LogP contribution < -0.4 is 0 Å². The van der Waals surface area contributed by atoms with Crippen LogP contribution in [0.1, 0.15) is 13.3 Å². The first-order valence-corrected chi connectivity index (χ1v) is 3.18. The van der Waals surface area contributed by atoms with Crippen molar-refractivity contribution in [3.8, 4) is 0 Å². The van der Waals surface area contributed by atoms with Gasteiger partial charge in [0.05, 0.1) is 6.10 Å². The zero-order chi connectivity index (χ0) is 7.72. The standard InChI is InChI=1S/C6H10O4/c1-3(7)5-2-4(8)6(9)10-5/h3-5,7-8H,2H2,1H3/t3-,4-,5-/m1/s1. The summed E-state index contributed by atoms with van der Waals surface area (Å²) in [6.45, 7) is 1.52. The van der Waals surface area contributed by atoms with E-state index in [4.69, 9.17) is 10.2 Å². The lowest BCUT2D eigenvalue weighted by Crippen LogP contribution is -2.21. The zero-order valence-electron chi connectivity index (χ0n) is 5.65. The van der Waals surface area contributed by atoms with Crippen LogP contribution in [0.2, 0.25) is 0 Å². The first kappa shape index (κ1) is 7.50. The average molecular weight is 146 g/mol. The first-order chi connectivity index (χ1) is 4.61. The maximum Gasteiger partial charge on any atom is 0.335 e. The van der Waals surface area contributed by atoms with Gasteiger partial charge in [-0.3, -0.25) is 0 Å². The molecule has 0 bridgehead atoms. The number of esters is 1. The number of carbonyl (C=O) groups excluding carboxylic acids is 1. The van der Waals surface area contributed by atoms with Gasteiger partial charge in [-0.15, -0.1) is 0 Å². The highest BCUT2D eigenvalue weighted by molar-refractivity contribution is 5.76. The number of cyclic esters (lactones) is 1. The molecule has 0 radical (unpaired) electrons. The predicted molar refractivity (Wildman–Crippen MR) is 32.2 cm³/mol. The molecule has 0 saturated carbocycles. The molecule has 4 heteroatoms. The Hall–Kier alpha value is -0.610. The molecule has 1 saturated heterocycles. The fourth-order valence-electron chi connectivity index (χ4n) is 0.888. The number of aliphatic hydroxyl groups is 2. The van der Waals surface area contributed by atoms with Crippen LogP contribution in [0.15, 0.2) is 0 Å². The molecule has 0 amide bonds. The largest absolute Gasteiger partial charge is 0.458 e. The molecule has 1 aliphatic rings. The molecule has 1 fully saturated rings. The van der Waals surface area contributed by atoms with Gasteiger partial charge in [0.15, 0.2) is 6.10 Å². The minimum absolute atomic E-state index is 0.205. The van der Waals surface area contributed by atoms with E-state index in [0.717, 1.165) is 0 Å². The second-order valence-electron chi connectivity index (χ2n) is 2.47. The van der Waals surface area contributed by atoms with Crippen LogP contribution in [0.3, 0.4) is 0 Å². The molecule has 1 rings (SSSR count). The minimum atomic E-state index is -1.04. The van der Waals surface area contributed by atoms with Crippen molar-refractivity contribution in [3.63, 3.8) is 0 Å². The van der Waals surface area contributed by atoms with E-state index in [1.807, 2.05) is 0 Å². The van der Waals surface area contributed by atoms with E-state index in [-0.39, 0.29) is 6.42 Å². The van der Waals surface area contributed by atoms with Gasteiger partial charge in [0.1, 0.15) is 6.10 Å². The third kappa shape index (κ3) is 1.27. The fraction of sp³-hybridized carbons (Fsp3) is 0.833. The Morgan fingerprint density at radius 3 is 2.60 bits per heavy atom. The van der Waals surface area contributed by atoms with E-state index in [9.17, 15) is 4.79 Å². The normalized spacial score (nSPS) is 35.7. The van der Waals surface area contributed by atoms with Crippen LogP contribution in [-0.2, 0) is 9.53 Å². The molecule has 10 heavy (non-hydrogen) atoms. The lowest BCUT2D eigenvalue weighted by molar-refractivity contribution is -0.150. The van der Waals surface area contributed by atoms with Crippen LogP contribution in [-0.4, -0.2) is 34.5 Å². The van der Waals surface area contributed by atoms with E-state index in [1.165, 1.54) is 6.92 Å². The maximum absolute atomic E-state index is 10.5. The van der Waals surface area contributed by atoms with Crippen LogP contribution in [0.5, 0.6) is 0 Å². The van der Waals surface area contributed by atoms with Gasteiger partial charge >= 0.3 is 5.97 Å². The molecule has 4 nitrogen and oxygen atoms in total. The van der Waals surface area contributed by atoms with Crippen molar-refractivity contribution in [2.24, 2.45) is 0 Å². The Morgan fingerprint density at radius 2 is 2.40 bits per heavy atom. The summed E-state index contributed by atoms with van der Waals surface area (Å²) in [4.78, 5) is 10.5. The van der Waals surface area contributed by atoms with E-state index in [1.54, 1.807) is 0 Å². The van der Waals surface area contributed by atoms with Crippen molar-refractivity contribution in [1.29, 1.82) is 0 Å². The van der Waals surface area contributed by atoms with Crippen LogP contribution in [0, 0.1) is 0 Å². The topological polar surface area (TPSA) is 66.8 Å². The van der Waals surface area contributed by atoms with Gasteiger partial charge in [0, 0.05) is 6.42 Å². The predicted octanol–water partition coefficient (Wildman–Crippen LogP) is -0.956. The van der Waals surface area contributed by atoms with Crippen LogP contribution in [0.25, 0.3) is 0 Å². The summed E-state index contributed by atoms with van der Waals surface area (Å²) in [6, 6.07) is 0. The number of ether oxygens (including phenoxy) is 1. The van der Waals surface area contributed by atoms with E-state index >= 15 is 0 Å². The van der Waals surface area contributed by atoms with Gasteiger partial charge in [0.25, 0.3) is 0 Å². The molecule has 58 valence electrons. The van der Waals surface area contributed by atoms with Crippen molar-refractivity contribution in [3.05, 3.63) is 0 Å². The highest BCUT2D eigenvalue weighted by Gasteiger charge is 2.35. The maximum atomic E-state index is 10.5. The van der Waals surface area contributed by atoms with Gasteiger partial charge in [-0.2, -0.15) is 0 Å². The summed E-state index contributed by atoms with van der Waals surface area (Å²) in [5.74, 6) is -0.633. The van der Waals surface area contributed by atoms with Gasteiger partial charge in [-0.1, -0.05) is 0 Å². The second kappa shape index (κ2) is 2.56. The molecule has 0 aromatic rings. The molecular formula is C6H10O4. The highest BCUT2D eigenvalue weighted by atomic mass is 16.6. The van der Waals surface area contributed by atoms with Crippen molar-refractivity contribution in [2.45, 2.75) is 31.7 Å². The van der Waals surface area contributed by atoms with Gasteiger partial charge < -0.3 is 14.9 Å². The summed E-state index contributed by atoms with van der Waals surface area (Å²) >= 11 is 0. The lowest BCUT2D eigenvalue weighted by atomic mass is 10.1. The summed E-state index contributed by atoms with van der Waals surface area (Å²) in [5, 5.41) is 17.7. The molecule has 3 atom stereocenters. The molecule has 1 heterocycles. The van der Waals surface area contributed by atoms with Crippen LogP contribution >= 0.6 is 0 Å². The third-order valence-corrected chi connectivity index (χ3v) is 1.53. The lowest BCUT2D eigenvalue weighted by Gasteiger charge is -2.10. The molecule has 0 aromatic carbocycles. The molecule has 0 aromatic heterocycles. The highest BCUT2D eigenvalue weighted by Crippen LogP contribution is 2.17. The Bertz CT molecular complexity index is 143. The van der Waals surface area contributed by atoms with E-state index < -0.39 is 24.3 Å². The van der Waals surface area contributed by atoms with E-state index in [0.29, 0.717) is 0 Å². The average Bonchev–Trinajstić information content (AvgIpc) is 2.13. The van der Waals surface area contributed by atoms with Crippen molar-refractivity contribution in [1.82, 2.24) is 0 Å². The SMILES string of the molecule is C[C@@H](O)[C@H]1C[C@@H](O)C(=O)O1. The van der Waals surface area contributed by atoms with E-state index in [2.05, 4.69) is 4.74 Å². The van der Waals surface area contributed by atoms with Crippen molar-refractivity contribution in [2.75, 3.05) is 0 Å². The van der Waals surface area contributed by atoms with Gasteiger partial charge in [-0.05, 0) is 6.92 Å². The Labute approximate surface area is 58.4 Å². The number of hydrogen-bond donors (Lipinski definition) is 2. The molecule has 0 unspecified atom stereocenters. The summed E-state index contributed by atoms with van der Waals surface area (Å²) in [5.41, 5.74) is 0. The van der Waals surface area contributed by atoms with Gasteiger partial charge in [-0.25, -0.2) is 4.79 Å². The second-order valence-corrected chi connectivity index (χ2v) is 2.47. The smallest absolute Gasteiger partial charge is 0.335 e. The fourth-order valence-corrected chi connectivity index (χ4v) is 0.888. The van der Waals surface area contributed by atoms with Crippen molar-refractivity contribution >= 4 is 5.97 Å². The summed E-state index contributed by atoms with van der Waals surface area (Å²) < 4.78 is 4.60. The number of hydrogen-bond acceptors (Lipinski definition) is 4. The Balaban J connectivity index is 2.49. The minimum Gasteiger partial charge on any atom is -0.458 e. The van der Waals surface area contributed by atoms with Crippen molar-refractivity contribution < 1.29 is 19.7 Å². The quantitative estimate of drug-likeness (QED) is 0.468. The number of carbonyl (C=O) groups is 1. The summed E-state index contributed by atoms with van der Waals surface area (Å²) in [7, 11) is 0. The number of aliphatic hydroxyl groups excluding tert-OH is 2. The molecule has 1 aliphatic heterocycles. The monoisotopic (exact) mass is 146 g/mol. The van der Waals surface area contributed by atoms with Gasteiger partial charge in [0.2, 0.25) is 0 Å². The third-order valence-electron chi connectivity index (χ3n) is 1.53. The molecule has 0 aliphatic carbocycles. The molecule has 0 spiro atoms. The zero-order valence-corrected chi connectivity index (χ0v) is 5.65. The Kier molecular flexibility index (Phi) is 1.92. The first-order valence-electron chi connectivity index (χ1n) is 3.18. The Morgan fingerprint density at radius 1 is 1.80 bits per heavy atom. The van der Waals surface area contributed by atoms with Crippen LogP contribution in [0.4, 0.5) is 0 Å². The molecule has 2 N–H and O–H groups in total.